The van der Waals surface area contributed by atoms with E-state index in [0.29, 0.717) is 4.47 Å². The van der Waals surface area contributed by atoms with Crippen molar-refractivity contribution in [2.45, 2.75) is 26.1 Å². The molecule has 0 spiro atoms. The van der Waals surface area contributed by atoms with Crippen molar-refractivity contribution >= 4 is 21.8 Å². The molecule has 0 heterocycles. The number of hydrogen-bond donors (Lipinski definition) is 0. The van der Waals surface area contributed by atoms with Gasteiger partial charge >= 0.3 is 6.18 Å². The van der Waals surface area contributed by atoms with Gasteiger partial charge in [-0.05, 0) is 17.7 Å². The number of carbonyl (C=O) groups excluding carboxylic acids is 1. The van der Waals surface area contributed by atoms with Gasteiger partial charge in [-0.15, -0.1) is 0 Å². The largest absolute Gasteiger partial charge is 0.413 e. The third-order valence-corrected chi connectivity index (χ3v) is 3.25. The molecule has 0 aliphatic heterocycles. The smallest absolute Gasteiger partial charge is 0.330 e. The Morgan fingerprint density at radius 1 is 1.21 bits per heavy atom. The molecule has 0 aliphatic carbocycles. The third kappa shape index (κ3) is 3.96. The van der Waals surface area contributed by atoms with Gasteiger partial charge in [0.25, 0.3) is 0 Å². The summed E-state index contributed by atoms with van der Waals surface area (Å²) in [5, 5.41) is 0. The summed E-state index contributed by atoms with van der Waals surface area (Å²) in [7, 11) is 1.18. The van der Waals surface area contributed by atoms with Gasteiger partial charge in [-0.2, -0.15) is 13.2 Å². The molecule has 0 aromatic heterocycles. The third-order valence-electron chi connectivity index (χ3n) is 2.72. The second kappa shape index (κ2) is 5.94. The summed E-state index contributed by atoms with van der Waals surface area (Å²) in [6.45, 7) is 3.15. The van der Waals surface area contributed by atoms with Gasteiger partial charge in [0.05, 0.1) is 0 Å². The van der Waals surface area contributed by atoms with Crippen LogP contribution in [0.3, 0.4) is 0 Å². The summed E-state index contributed by atoms with van der Waals surface area (Å²) in [5.74, 6) is -1.02. The SMILES string of the molecule is CC(C)C(=O)N(C)[C@@H](c1ccc(Br)cc1)C(F)(F)F. The van der Waals surface area contributed by atoms with Crippen molar-refractivity contribution in [3.8, 4) is 0 Å². The van der Waals surface area contributed by atoms with Gasteiger partial charge in [-0.25, -0.2) is 0 Å². The number of rotatable bonds is 3. The lowest BCUT2D eigenvalue weighted by Crippen LogP contribution is -2.41. The topological polar surface area (TPSA) is 20.3 Å². The van der Waals surface area contributed by atoms with Crippen LogP contribution in [-0.2, 0) is 4.79 Å². The Balaban J connectivity index is 3.16. The van der Waals surface area contributed by atoms with Crippen LogP contribution in [0.15, 0.2) is 28.7 Å². The van der Waals surface area contributed by atoms with Crippen LogP contribution in [0.5, 0.6) is 0 Å². The molecule has 1 atom stereocenters. The summed E-state index contributed by atoms with van der Waals surface area (Å²) in [6.07, 6.45) is -4.51. The quantitative estimate of drug-likeness (QED) is 0.810. The Morgan fingerprint density at radius 2 is 1.68 bits per heavy atom. The van der Waals surface area contributed by atoms with Crippen LogP contribution in [-0.4, -0.2) is 24.0 Å². The molecule has 0 N–H and O–H groups in total. The minimum atomic E-state index is -4.51. The lowest BCUT2D eigenvalue weighted by atomic mass is 10.0. The predicted molar refractivity (Wildman–Crippen MR) is 70.5 cm³/mol. The number of hydrogen-bond acceptors (Lipinski definition) is 1. The molecule has 2 nitrogen and oxygen atoms in total. The first-order valence-corrected chi connectivity index (χ1v) is 6.52. The van der Waals surface area contributed by atoms with Crippen molar-refractivity contribution in [2.75, 3.05) is 7.05 Å². The van der Waals surface area contributed by atoms with E-state index >= 15 is 0 Å². The molecule has 0 radical (unpaired) electrons. The lowest BCUT2D eigenvalue weighted by molar-refractivity contribution is -0.190. The van der Waals surface area contributed by atoms with Gasteiger partial charge in [-0.3, -0.25) is 4.79 Å². The molecule has 0 bridgehead atoms. The monoisotopic (exact) mass is 337 g/mol. The summed E-state index contributed by atoms with van der Waals surface area (Å²) < 4.78 is 40.2. The Hall–Kier alpha value is -1.04. The molecule has 0 saturated carbocycles. The highest BCUT2D eigenvalue weighted by atomic mass is 79.9. The second-order valence-corrected chi connectivity index (χ2v) is 5.52. The summed E-state index contributed by atoms with van der Waals surface area (Å²) in [6, 6.07) is 3.87. The van der Waals surface area contributed by atoms with Crippen molar-refractivity contribution < 1.29 is 18.0 Å². The minimum Gasteiger partial charge on any atom is -0.330 e. The Bertz CT molecular complexity index is 442. The predicted octanol–water partition coefficient (Wildman–Crippen LogP) is 4.17. The van der Waals surface area contributed by atoms with E-state index in [2.05, 4.69) is 15.9 Å². The van der Waals surface area contributed by atoms with Crippen LogP contribution in [0.25, 0.3) is 0 Å². The van der Waals surface area contributed by atoms with Crippen LogP contribution < -0.4 is 0 Å². The van der Waals surface area contributed by atoms with E-state index in [4.69, 9.17) is 0 Å². The van der Waals surface area contributed by atoms with Crippen molar-refractivity contribution in [3.05, 3.63) is 34.3 Å². The van der Waals surface area contributed by atoms with Crippen LogP contribution in [0.4, 0.5) is 13.2 Å². The molecule has 0 saturated heterocycles. The van der Waals surface area contributed by atoms with Gasteiger partial charge in [0.15, 0.2) is 6.04 Å². The number of alkyl halides is 3. The zero-order chi connectivity index (χ0) is 14.8. The molecule has 0 fully saturated rings. The average Bonchev–Trinajstić information content (AvgIpc) is 2.29. The van der Waals surface area contributed by atoms with Crippen LogP contribution in [0.2, 0.25) is 0 Å². The summed E-state index contributed by atoms with van der Waals surface area (Å²) in [5.41, 5.74) is 0.0483. The minimum absolute atomic E-state index is 0.0483. The van der Waals surface area contributed by atoms with Gasteiger partial charge in [-0.1, -0.05) is 41.9 Å². The Labute approximate surface area is 118 Å². The molecule has 0 unspecified atom stereocenters. The molecular formula is C13H15BrF3NO. The lowest BCUT2D eigenvalue weighted by Gasteiger charge is -2.31. The van der Waals surface area contributed by atoms with E-state index in [-0.39, 0.29) is 5.56 Å². The molecule has 1 aromatic rings. The van der Waals surface area contributed by atoms with Crippen molar-refractivity contribution in [2.24, 2.45) is 5.92 Å². The van der Waals surface area contributed by atoms with E-state index < -0.39 is 24.0 Å². The fraction of sp³-hybridized carbons (Fsp3) is 0.462. The first kappa shape index (κ1) is 16.0. The fourth-order valence-corrected chi connectivity index (χ4v) is 2.08. The maximum Gasteiger partial charge on any atom is 0.413 e. The van der Waals surface area contributed by atoms with Gasteiger partial charge in [0, 0.05) is 17.4 Å². The number of halogens is 4. The number of nitrogens with zero attached hydrogens (tertiary/aromatic N) is 1. The van der Waals surface area contributed by atoms with Crippen LogP contribution in [0.1, 0.15) is 25.5 Å². The van der Waals surface area contributed by atoms with Gasteiger partial charge in [0.1, 0.15) is 0 Å². The van der Waals surface area contributed by atoms with Crippen molar-refractivity contribution in [1.29, 1.82) is 0 Å². The second-order valence-electron chi connectivity index (χ2n) is 4.60. The van der Waals surface area contributed by atoms with Crippen molar-refractivity contribution in [1.82, 2.24) is 4.90 Å². The fourth-order valence-electron chi connectivity index (χ4n) is 1.81. The molecule has 1 amide bonds. The first-order valence-electron chi connectivity index (χ1n) is 5.73. The number of benzene rings is 1. The molecule has 6 heteroatoms. The number of carbonyl (C=O) groups is 1. The molecule has 1 aromatic carbocycles. The van der Waals surface area contributed by atoms with E-state index in [1.54, 1.807) is 13.8 Å². The van der Waals surface area contributed by atoms with Crippen LogP contribution >= 0.6 is 15.9 Å². The highest BCUT2D eigenvalue weighted by molar-refractivity contribution is 9.10. The molecule has 0 aliphatic rings. The van der Waals surface area contributed by atoms with E-state index in [9.17, 15) is 18.0 Å². The maximum atomic E-state index is 13.2. The van der Waals surface area contributed by atoms with Gasteiger partial charge in [0.2, 0.25) is 5.91 Å². The van der Waals surface area contributed by atoms with Crippen molar-refractivity contribution in [3.63, 3.8) is 0 Å². The molecule has 1 rings (SSSR count). The highest BCUT2D eigenvalue weighted by Gasteiger charge is 2.45. The van der Waals surface area contributed by atoms with E-state index in [1.807, 2.05) is 0 Å². The summed E-state index contributed by atoms with van der Waals surface area (Å²) in [4.78, 5) is 12.5. The van der Waals surface area contributed by atoms with Crippen LogP contribution in [0, 0.1) is 5.92 Å². The first-order chi connectivity index (χ1) is 8.64. The van der Waals surface area contributed by atoms with E-state index in [0.717, 1.165) is 4.90 Å². The molecular weight excluding hydrogens is 323 g/mol. The Kier molecular flexibility index (Phi) is 5.01. The standard InChI is InChI=1S/C13H15BrF3NO/c1-8(2)12(19)18(3)11(13(15,16)17)9-4-6-10(14)7-5-9/h4-8,11H,1-3H3/t11-/m0/s1. The van der Waals surface area contributed by atoms with E-state index in [1.165, 1.54) is 31.3 Å². The summed E-state index contributed by atoms with van der Waals surface area (Å²) >= 11 is 3.17. The normalized spacial score (nSPS) is 13.5. The zero-order valence-corrected chi connectivity index (χ0v) is 12.4. The molecule has 19 heavy (non-hydrogen) atoms. The average molecular weight is 338 g/mol. The molecule has 106 valence electrons. The maximum absolute atomic E-state index is 13.2. The Morgan fingerprint density at radius 3 is 2.05 bits per heavy atom. The van der Waals surface area contributed by atoms with Gasteiger partial charge < -0.3 is 4.90 Å². The number of amides is 1. The zero-order valence-electron chi connectivity index (χ0n) is 10.8. The highest BCUT2D eigenvalue weighted by Crippen LogP contribution is 2.37.